The van der Waals surface area contributed by atoms with Crippen molar-refractivity contribution in [2.45, 2.75) is 26.2 Å². The molecule has 0 saturated carbocycles. The van der Waals surface area contributed by atoms with Gasteiger partial charge in [-0.25, -0.2) is 4.85 Å². The number of nitrogens with zero attached hydrogens (tertiary/aromatic N) is 1. The summed E-state index contributed by atoms with van der Waals surface area (Å²) in [6.07, 6.45) is 0. The first-order valence-corrected chi connectivity index (χ1v) is 4.91. The molecule has 0 saturated heterocycles. The zero-order chi connectivity index (χ0) is 10.1. The largest absolute Gasteiger partial charge is 0.238 e. The highest BCUT2D eigenvalue weighted by atomic mass is 79.9. The van der Waals surface area contributed by atoms with Crippen molar-refractivity contribution in [3.63, 3.8) is 0 Å². The number of halogens is 1. The van der Waals surface area contributed by atoms with Gasteiger partial charge >= 0.3 is 0 Å². The van der Waals surface area contributed by atoms with Crippen molar-refractivity contribution in [2.75, 3.05) is 0 Å². The molecule has 0 aliphatic heterocycles. The van der Waals surface area contributed by atoms with E-state index in [0.29, 0.717) is 5.69 Å². The molecule has 0 N–H and O–H groups in total. The van der Waals surface area contributed by atoms with E-state index in [1.54, 1.807) is 0 Å². The van der Waals surface area contributed by atoms with Gasteiger partial charge in [0.05, 0.1) is 6.57 Å². The monoisotopic (exact) mass is 237 g/mol. The molecular formula is C11H12BrN. The van der Waals surface area contributed by atoms with Gasteiger partial charge in [-0.15, -0.1) is 0 Å². The first kappa shape index (κ1) is 10.3. The quantitative estimate of drug-likeness (QED) is 0.593. The average molecular weight is 238 g/mol. The van der Waals surface area contributed by atoms with Gasteiger partial charge in [-0.05, 0) is 17.5 Å². The average Bonchev–Trinajstić information content (AvgIpc) is 2.01. The van der Waals surface area contributed by atoms with E-state index in [-0.39, 0.29) is 5.41 Å². The molecule has 1 nitrogen and oxygen atoms in total. The van der Waals surface area contributed by atoms with Gasteiger partial charge in [-0.3, -0.25) is 0 Å². The Morgan fingerprint density at radius 3 is 2.31 bits per heavy atom. The van der Waals surface area contributed by atoms with Crippen molar-refractivity contribution in [2.24, 2.45) is 0 Å². The van der Waals surface area contributed by atoms with E-state index in [0.717, 1.165) is 4.47 Å². The Morgan fingerprint density at radius 2 is 1.85 bits per heavy atom. The van der Waals surface area contributed by atoms with Gasteiger partial charge < -0.3 is 0 Å². The van der Waals surface area contributed by atoms with Crippen LogP contribution in [0.3, 0.4) is 0 Å². The molecule has 0 aliphatic rings. The number of benzene rings is 1. The van der Waals surface area contributed by atoms with E-state index < -0.39 is 0 Å². The first-order chi connectivity index (χ1) is 5.93. The normalized spacial score (nSPS) is 11.0. The van der Waals surface area contributed by atoms with Crippen LogP contribution in [0.5, 0.6) is 0 Å². The molecule has 1 aromatic carbocycles. The third-order valence-corrected chi connectivity index (χ3v) is 2.34. The predicted molar refractivity (Wildman–Crippen MR) is 59.1 cm³/mol. The topological polar surface area (TPSA) is 4.36 Å². The summed E-state index contributed by atoms with van der Waals surface area (Å²) in [7, 11) is 0. The number of rotatable bonds is 0. The van der Waals surface area contributed by atoms with E-state index in [4.69, 9.17) is 6.57 Å². The van der Waals surface area contributed by atoms with Crippen molar-refractivity contribution in [1.82, 2.24) is 0 Å². The zero-order valence-corrected chi connectivity index (χ0v) is 9.64. The maximum atomic E-state index is 6.95. The molecule has 2 heteroatoms. The van der Waals surface area contributed by atoms with Gasteiger partial charge in [-0.1, -0.05) is 48.3 Å². The highest BCUT2D eigenvalue weighted by Gasteiger charge is 2.14. The Morgan fingerprint density at radius 1 is 1.23 bits per heavy atom. The van der Waals surface area contributed by atoms with Crippen LogP contribution < -0.4 is 0 Å². The minimum Gasteiger partial charge on any atom is -0.238 e. The lowest BCUT2D eigenvalue weighted by Crippen LogP contribution is -2.10. The van der Waals surface area contributed by atoms with Crippen LogP contribution in [-0.4, -0.2) is 0 Å². The van der Waals surface area contributed by atoms with E-state index in [1.807, 2.05) is 12.1 Å². The summed E-state index contributed by atoms with van der Waals surface area (Å²) in [5.74, 6) is 0. The molecular weight excluding hydrogens is 226 g/mol. The fourth-order valence-corrected chi connectivity index (χ4v) is 1.55. The lowest BCUT2D eigenvalue weighted by atomic mass is 9.87. The standard InChI is InChI=1S/C11H12BrN/c1-11(2,3)8-5-9(12)7-10(6-8)13-4/h5-7H,1-3H3. The van der Waals surface area contributed by atoms with Crippen molar-refractivity contribution in [3.05, 3.63) is 39.7 Å². The fraction of sp³-hybridized carbons (Fsp3) is 0.364. The first-order valence-electron chi connectivity index (χ1n) is 4.12. The van der Waals surface area contributed by atoms with Gasteiger partial charge in [-0.2, -0.15) is 0 Å². The molecule has 0 radical (unpaired) electrons. The Labute approximate surface area is 87.7 Å². The van der Waals surface area contributed by atoms with Crippen LogP contribution in [0.15, 0.2) is 22.7 Å². The molecule has 1 rings (SSSR count). The number of hydrogen-bond donors (Lipinski definition) is 0. The third-order valence-electron chi connectivity index (χ3n) is 1.88. The van der Waals surface area contributed by atoms with Crippen LogP contribution in [0.1, 0.15) is 26.3 Å². The SMILES string of the molecule is [C-]#[N+]c1cc(Br)cc(C(C)(C)C)c1. The number of hydrogen-bond acceptors (Lipinski definition) is 0. The van der Waals surface area contributed by atoms with Gasteiger partial charge in [0.2, 0.25) is 0 Å². The molecule has 1 aromatic rings. The van der Waals surface area contributed by atoms with E-state index in [2.05, 4.69) is 47.6 Å². The summed E-state index contributed by atoms with van der Waals surface area (Å²) in [5, 5.41) is 0. The molecule has 0 aliphatic carbocycles. The summed E-state index contributed by atoms with van der Waals surface area (Å²) in [5.41, 5.74) is 1.98. The van der Waals surface area contributed by atoms with Gasteiger partial charge in [0.25, 0.3) is 0 Å². The summed E-state index contributed by atoms with van der Waals surface area (Å²) in [6, 6.07) is 5.84. The molecule has 0 fully saturated rings. The molecule has 0 heterocycles. The Kier molecular flexibility index (Phi) is 2.77. The smallest absolute Gasteiger partial charge is 0.188 e. The second kappa shape index (κ2) is 3.51. The Hall–Kier alpha value is -0.810. The molecule has 0 bridgehead atoms. The molecule has 13 heavy (non-hydrogen) atoms. The summed E-state index contributed by atoms with van der Waals surface area (Å²) >= 11 is 3.40. The summed E-state index contributed by atoms with van der Waals surface area (Å²) in [6.45, 7) is 13.4. The summed E-state index contributed by atoms with van der Waals surface area (Å²) < 4.78 is 0.978. The zero-order valence-electron chi connectivity index (χ0n) is 8.06. The maximum absolute atomic E-state index is 6.95. The van der Waals surface area contributed by atoms with E-state index in [1.165, 1.54) is 5.56 Å². The maximum Gasteiger partial charge on any atom is 0.188 e. The van der Waals surface area contributed by atoms with Crippen LogP contribution in [0.25, 0.3) is 4.85 Å². The van der Waals surface area contributed by atoms with Gasteiger partial charge in [0, 0.05) is 4.47 Å². The van der Waals surface area contributed by atoms with Crippen LogP contribution in [0.4, 0.5) is 5.69 Å². The van der Waals surface area contributed by atoms with Gasteiger partial charge in [0.15, 0.2) is 5.69 Å². The second-order valence-electron chi connectivity index (χ2n) is 4.06. The van der Waals surface area contributed by atoms with Crippen LogP contribution in [0.2, 0.25) is 0 Å². The van der Waals surface area contributed by atoms with Crippen molar-refractivity contribution in [1.29, 1.82) is 0 Å². The molecule has 0 amide bonds. The third kappa shape index (κ3) is 2.57. The molecule has 0 atom stereocenters. The van der Waals surface area contributed by atoms with Crippen LogP contribution >= 0.6 is 15.9 Å². The van der Waals surface area contributed by atoms with E-state index in [9.17, 15) is 0 Å². The fourth-order valence-electron chi connectivity index (χ4n) is 1.07. The highest BCUT2D eigenvalue weighted by molar-refractivity contribution is 9.10. The lowest BCUT2D eigenvalue weighted by Gasteiger charge is -2.19. The van der Waals surface area contributed by atoms with Gasteiger partial charge in [0.1, 0.15) is 0 Å². The Balaban J connectivity index is 3.26. The molecule has 0 aromatic heterocycles. The Bertz CT molecular complexity index is 355. The molecule has 0 spiro atoms. The highest BCUT2D eigenvalue weighted by Crippen LogP contribution is 2.29. The van der Waals surface area contributed by atoms with Crippen molar-refractivity contribution < 1.29 is 0 Å². The minimum atomic E-state index is 0.100. The summed E-state index contributed by atoms with van der Waals surface area (Å²) in [4.78, 5) is 3.43. The minimum absolute atomic E-state index is 0.100. The van der Waals surface area contributed by atoms with Crippen LogP contribution in [-0.2, 0) is 5.41 Å². The molecule has 68 valence electrons. The van der Waals surface area contributed by atoms with Crippen molar-refractivity contribution in [3.8, 4) is 0 Å². The van der Waals surface area contributed by atoms with Crippen molar-refractivity contribution >= 4 is 21.6 Å². The van der Waals surface area contributed by atoms with E-state index >= 15 is 0 Å². The second-order valence-corrected chi connectivity index (χ2v) is 4.98. The lowest BCUT2D eigenvalue weighted by molar-refractivity contribution is 0.590. The van der Waals surface area contributed by atoms with Crippen LogP contribution in [0, 0.1) is 6.57 Å². The molecule has 0 unspecified atom stereocenters. The predicted octanol–water partition coefficient (Wildman–Crippen LogP) is 4.30.